The number of piperazine rings is 1. The number of guanidine groups is 1. The number of nitrogens with one attached hydrogen (secondary N) is 1. The van der Waals surface area contributed by atoms with Crippen molar-refractivity contribution in [1.82, 2.24) is 10.2 Å². The normalized spacial score (nSPS) is 14.8. The van der Waals surface area contributed by atoms with Gasteiger partial charge in [-0.2, -0.15) is 0 Å². The summed E-state index contributed by atoms with van der Waals surface area (Å²) in [6, 6.07) is 15.8. The quantitative estimate of drug-likeness (QED) is 0.226. The molecule has 6 nitrogen and oxygen atoms in total. The van der Waals surface area contributed by atoms with Crippen LogP contribution in [0.4, 0.5) is 10.1 Å². The number of aliphatic imine (C=N–C) groups is 1. The lowest BCUT2D eigenvalue weighted by Gasteiger charge is -2.37. The molecule has 1 aliphatic rings. The molecule has 2 aromatic rings. The number of rotatable bonds is 8. The van der Waals surface area contributed by atoms with Crippen LogP contribution in [0.5, 0.6) is 0 Å². The molecule has 1 saturated heterocycles. The van der Waals surface area contributed by atoms with Gasteiger partial charge in [0.25, 0.3) is 0 Å². The fraction of sp³-hybridized carbons (Fsp3) is 0.435. The Hall–Kier alpha value is -1.88. The molecule has 0 bridgehead atoms. The highest BCUT2D eigenvalue weighted by atomic mass is 127. The largest absolute Gasteiger partial charge is 0.368 e. The lowest BCUT2D eigenvalue weighted by atomic mass is 10.2. The third-order valence-electron chi connectivity index (χ3n) is 5.21. The van der Waals surface area contributed by atoms with E-state index in [2.05, 4.69) is 20.1 Å². The molecule has 0 aromatic heterocycles. The summed E-state index contributed by atoms with van der Waals surface area (Å²) in [4.78, 5) is 9.08. The van der Waals surface area contributed by atoms with Crippen molar-refractivity contribution in [3.63, 3.8) is 0 Å². The minimum atomic E-state index is -3.15. The second kappa shape index (κ2) is 13.0. The number of anilines is 1. The van der Waals surface area contributed by atoms with Crippen molar-refractivity contribution in [2.75, 3.05) is 49.9 Å². The van der Waals surface area contributed by atoms with Crippen LogP contribution in [0.3, 0.4) is 0 Å². The highest BCUT2D eigenvalue weighted by molar-refractivity contribution is 14.0. The summed E-state index contributed by atoms with van der Waals surface area (Å²) in [5, 5.41) is 3.31. The number of hydrogen-bond acceptors (Lipinski definition) is 4. The first-order chi connectivity index (χ1) is 15.0. The molecule has 1 N–H and O–H groups in total. The number of sulfone groups is 1. The minimum Gasteiger partial charge on any atom is -0.368 e. The van der Waals surface area contributed by atoms with E-state index >= 15 is 0 Å². The van der Waals surface area contributed by atoms with Gasteiger partial charge in [0.2, 0.25) is 0 Å². The molecular formula is C23H32FIN4O2S. The van der Waals surface area contributed by atoms with Gasteiger partial charge in [0.05, 0.1) is 11.5 Å². The molecule has 176 valence electrons. The second-order valence-electron chi connectivity index (χ2n) is 7.62. The van der Waals surface area contributed by atoms with Gasteiger partial charge in [0.15, 0.2) is 15.8 Å². The molecule has 0 saturated carbocycles. The molecule has 0 amide bonds. The third-order valence-corrected chi connectivity index (χ3v) is 6.89. The van der Waals surface area contributed by atoms with E-state index in [0.29, 0.717) is 13.0 Å². The van der Waals surface area contributed by atoms with E-state index in [1.54, 1.807) is 12.1 Å². The van der Waals surface area contributed by atoms with Crippen molar-refractivity contribution in [2.45, 2.75) is 19.1 Å². The zero-order valence-electron chi connectivity index (χ0n) is 18.4. The topological polar surface area (TPSA) is 65.0 Å². The van der Waals surface area contributed by atoms with Crippen LogP contribution in [-0.4, -0.2) is 64.3 Å². The average molecular weight is 575 g/mol. The molecule has 1 heterocycles. The maximum atomic E-state index is 13.1. The molecule has 0 spiro atoms. The smallest absolute Gasteiger partial charge is 0.194 e. The standard InChI is InChI=1S/C23H31FN4O2S.HI/c1-2-25-23(26-13-6-18-31(29,30)19-20-7-4-3-5-8-20)28-16-14-27(15-17-28)22-11-9-21(24)10-12-22;/h3-5,7-12H,2,6,13-19H2,1H3,(H,25,26);1H. The highest BCUT2D eigenvalue weighted by Crippen LogP contribution is 2.17. The fourth-order valence-corrected chi connectivity index (χ4v) is 5.04. The van der Waals surface area contributed by atoms with Crippen molar-refractivity contribution in [3.05, 3.63) is 66.0 Å². The summed E-state index contributed by atoms with van der Waals surface area (Å²) < 4.78 is 37.9. The summed E-state index contributed by atoms with van der Waals surface area (Å²) in [5.74, 6) is 0.794. The van der Waals surface area contributed by atoms with E-state index in [9.17, 15) is 12.8 Å². The van der Waals surface area contributed by atoms with Crippen LogP contribution in [0.1, 0.15) is 18.9 Å². The third kappa shape index (κ3) is 8.23. The van der Waals surface area contributed by atoms with E-state index < -0.39 is 9.84 Å². The number of halogens is 2. The molecule has 0 unspecified atom stereocenters. The summed E-state index contributed by atoms with van der Waals surface area (Å²) in [6.07, 6.45) is 0.500. The zero-order chi connectivity index (χ0) is 22.1. The molecule has 1 fully saturated rings. The predicted octanol–water partition coefficient (Wildman–Crippen LogP) is 3.54. The summed E-state index contributed by atoms with van der Waals surface area (Å²) in [6.45, 7) is 6.49. The van der Waals surface area contributed by atoms with E-state index in [4.69, 9.17) is 0 Å². The molecule has 1 aliphatic heterocycles. The average Bonchev–Trinajstić information content (AvgIpc) is 2.77. The van der Waals surface area contributed by atoms with E-state index in [-0.39, 0.29) is 41.3 Å². The van der Waals surface area contributed by atoms with Gasteiger partial charge in [-0.05, 0) is 43.2 Å². The molecule has 0 radical (unpaired) electrons. The maximum absolute atomic E-state index is 13.1. The van der Waals surface area contributed by atoms with Gasteiger partial charge in [-0.25, -0.2) is 12.8 Å². The van der Waals surface area contributed by atoms with Crippen LogP contribution >= 0.6 is 24.0 Å². The van der Waals surface area contributed by atoms with Crippen molar-refractivity contribution in [1.29, 1.82) is 0 Å². The van der Waals surface area contributed by atoms with Crippen molar-refractivity contribution in [2.24, 2.45) is 4.99 Å². The van der Waals surface area contributed by atoms with Gasteiger partial charge in [0, 0.05) is 45.0 Å². The van der Waals surface area contributed by atoms with E-state index in [0.717, 1.165) is 49.9 Å². The maximum Gasteiger partial charge on any atom is 0.194 e. The molecule has 32 heavy (non-hydrogen) atoms. The SMILES string of the molecule is CCNC(=NCCCS(=O)(=O)Cc1ccccc1)N1CCN(c2ccc(F)cc2)CC1.I. The lowest BCUT2D eigenvalue weighted by Crippen LogP contribution is -2.52. The lowest BCUT2D eigenvalue weighted by molar-refractivity contribution is 0.372. The van der Waals surface area contributed by atoms with Gasteiger partial charge in [-0.1, -0.05) is 30.3 Å². The van der Waals surface area contributed by atoms with Crippen LogP contribution in [-0.2, 0) is 15.6 Å². The van der Waals surface area contributed by atoms with E-state index in [1.165, 1.54) is 12.1 Å². The van der Waals surface area contributed by atoms with E-state index in [1.807, 2.05) is 37.3 Å². The summed E-state index contributed by atoms with van der Waals surface area (Å²) >= 11 is 0. The van der Waals surface area contributed by atoms with Gasteiger partial charge in [-0.3, -0.25) is 4.99 Å². The monoisotopic (exact) mass is 574 g/mol. The first-order valence-electron chi connectivity index (χ1n) is 10.7. The van der Waals surface area contributed by atoms with Gasteiger partial charge < -0.3 is 15.1 Å². The van der Waals surface area contributed by atoms with Crippen LogP contribution < -0.4 is 10.2 Å². The Morgan fingerprint density at radius 3 is 2.31 bits per heavy atom. The Labute approximate surface area is 207 Å². The Kier molecular flexibility index (Phi) is 10.7. The Morgan fingerprint density at radius 2 is 1.69 bits per heavy atom. The summed E-state index contributed by atoms with van der Waals surface area (Å²) in [5.41, 5.74) is 1.84. The molecular weight excluding hydrogens is 542 g/mol. The Balaban J connectivity index is 0.00000363. The predicted molar refractivity (Wildman–Crippen MR) is 140 cm³/mol. The van der Waals surface area contributed by atoms with Gasteiger partial charge in [0.1, 0.15) is 5.82 Å². The van der Waals surface area contributed by atoms with Crippen molar-refractivity contribution in [3.8, 4) is 0 Å². The van der Waals surface area contributed by atoms with Crippen LogP contribution in [0.15, 0.2) is 59.6 Å². The molecule has 9 heteroatoms. The van der Waals surface area contributed by atoms with Crippen LogP contribution in [0.25, 0.3) is 0 Å². The Morgan fingerprint density at radius 1 is 1.03 bits per heavy atom. The number of hydrogen-bond donors (Lipinski definition) is 1. The molecule has 0 atom stereocenters. The van der Waals surface area contributed by atoms with Crippen molar-refractivity contribution >= 4 is 45.5 Å². The van der Waals surface area contributed by atoms with Crippen LogP contribution in [0.2, 0.25) is 0 Å². The molecule has 0 aliphatic carbocycles. The van der Waals surface area contributed by atoms with Gasteiger partial charge in [-0.15, -0.1) is 24.0 Å². The Bertz CT molecular complexity index is 948. The fourth-order valence-electron chi connectivity index (χ4n) is 3.62. The number of nitrogens with zero attached hydrogens (tertiary/aromatic N) is 3. The summed E-state index contributed by atoms with van der Waals surface area (Å²) in [7, 11) is -3.15. The highest BCUT2D eigenvalue weighted by Gasteiger charge is 2.20. The minimum absolute atomic E-state index is 0. The number of benzene rings is 2. The van der Waals surface area contributed by atoms with Gasteiger partial charge >= 0.3 is 0 Å². The zero-order valence-corrected chi connectivity index (χ0v) is 21.6. The first-order valence-corrected chi connectivity index (χ1v) is 12.6. The van der Waals surface area contributed by atoms with Crippen molar-refractivity contribution < 1.29 is 12.8 Å². The van der Waals surface area contributed by atoms with Crippen LogP contribution in [0, 0.1) is 5.82 Å². The second-order valence-corrected chi connectivity index (χ2v) is 9.80. The first kappa shape index (κ1) is 26.4. The molecule has 2 aromatic carbocycles. The molecule has 3 rings (SSSR count).